The van der Waals surface area contributed by atoms with Gasteiger partial charge in [0.2, 0.25) is 10.0 Å². The fourth-order valence-electron chi connectivity index (χ4n) is 5.68. The third-order valence-corrected chi connectivity index (χ3v) is 9.90. The molecule has 1 aliphatic carbocycles. The molecule has 3 aliphatic rings. The lowest BCUT2D eigenvalue weighted by molar-refractivity contribution is 0.141. The van der Waals surface area contributed by atoms with Crippen LogP contribution in [0.15, 0.2) is 24.3 Å². The van der Waals surface area contributed by atoms with E-state index in [-0.39, 0.29) is 11.3 Å². The first-order valence-electron chi connectivity index (χ1n) is 13.2. The van der Waals surface area contributed by atoms with Crippen LogP contribution in [0.5, 0.6) is 0 Å². The largest absolute Gasteiger partial charge is 0.385 e. The predicted octanol–water partition coefficient (Wildman–Crippen LogP) is 4.44. The number of sulfonamides is 1. The zero-order valence-corrected chi connectivity index (χ0v) is 21.5. The average molecular weight is 477 g/mol. The lowest BCUT2D eigenvalue weighted by atomic mass is 9.86. The standard InChI is InChI=1S/C26H44N4O2S/c1-21(2)33(31,32)28-24-8-6-22(7-9-24)20-27-23-10-12-25(13-11-23)30-18-14-26(15-19-30)29-16-4-3-5-17-29/h10-13,21-22,24,26-28H,3-9,14-20H2,1-2H3/t22-,24-. The molecule has 1 aromatic carbocycles. The summed E-state index contributed by atoms with van der Waals surface area (Å²) in [6.07, 6.45) is 10.8. The minimum atomic E-state index is -3.17. The molecule has 7 heteroatoms. The summed E-state index contributed by atoms with van der Waals surface area (Å²) in [5, 5.41) is 3.25. The summed E-state index contributed by atoms with van der Waals surface area (Å²) in [6, 6.07) is 9.86. The molecule has 1 aromatic rings. The van der Waals surface area contributed by atoms with Crippen molar-refractivity contribution in [1.29, 1.82) is 0 Å². The van der Waals surface area contributed by atoms with Crippen molar-refractivity contribution in [1.82, 2.24) is 9.62 Å². The van der Waals surface area contributed by atoms with Crippen LogP contribution < -0.4 is 14.9 Å². The van der Waals surface area contributed by atoms with Gasteiger partial charge >= 0.3 is 0 Å². The summed E-state index contributed by atoms with van der Waals surface area (Å²) in [5.74, 6) is 0.610. The summed E-state index contributed by atoms with van der Waals surface area (Å²) < 4.78 is 27.1. The van der Waals surface area contributed by atoms with Crippen LogP contribution in [-0.2, 0) is 10.0 Å². The van der Waals surface area contributed by atoms with Crippen molar-refractivity contribution in [2.45, 2.75) is 89.0 Å². The van der Waals surface area contributed by atoms with Gasteiger partial charge in [-0.15, -0.1) is 0 Å². The van der Waals surface area contributed by atoms with Gasteiger partial charge in [0.25, 0.3) is 0 Å². The van der Waals surface area contributed by atoms with Gasteiger partial charge < -0.3 is 15.1 Å². The van der Waals surface area contributed by atoms with E-state index in [9.17, 15) is 8.42 Å². The summed E-state index contributed by atoms with van der Waals surface area (Å²) >= 11 is 0. The topological polar surface area (TPSA) is 64.7 Å². The van der Waals surface area contributed by atoms with Crippen molar-refractivity contribution < 1.29 is 8.42 Å². The zero-order valence-electron chi connectivity index (χ0n) is 20.6. The number of hydrogen-bond donors (Lipinski definition) is 2. The minimum absolute atomic E-state index is 0.104. The van der Waals surface area contributed by atoms with E-state index in [1.165, 1.54) is 56.6 Å². The molecule has 0 spiro atoms. The van der Waals surface area contributed by atoms with E-state index in [1.54, 1.807) is 13.8 Å². The van der Waals surface area contributed by atoms with E-state index in [2.05, 4.69) is 44.1 Å². The summed E-state index contributed by atoms with van der Waals surface area (Å²) in [5.41, 5.74) is 2.53. The van der Waals surface area contributed by atoms with Crippen LogP contribution in [0, 0.1) is 5.92 Å². The lowest BCUT2D eigenvalue weighted by Crippen LogP contribution is -2.46. The molecular formula is C26H44N4O2S. The van der Waals surface area contributed by atoms with Crippen LogP contribution >= 0.6 is 0 Å². The van der Waals surface area contributed by atoms with Crippen molar-refractivity contribution in [3.8, 4) is 0 Å². The molecule has 2 aliphatic heterocycles. The number of nitrogens with one attached hydrogen (secondary N) is 2. The second kappa shape index (κ2) is 11.4. The van der Waals surface area contributed by atoms with Crippen LogP contribution in [0.1, 0.15) is 71.6 Å². The minimum Gasteiger partial charge on any atom is -0.385 e. The van der Waals surface area contributed by atoms with E-state index >= 15 is 0 Å². The lowest BCUT2D eigenvalue weighted by Gasteiger charge is -2.41. The van der Waals surface area contributed by atoms with Crippen LogP contribution in [0.2, 0.25) is 0 Å². The Hall–Kier alpha value is -1.31. The maximum atomic E-state index is 12.1. The van der Waals surface area contributed by atoms with E-state index in [1.807, 2.05) is 0 Å². The Morgan fingerprint density at radius 2 is 1.52 bits per heavy atom. The summed E-state index contributed by atoms with van der Waals surface area (Å²) in [4.78, 5) is 5.28. The van der Waals surface area contributed by atoms with Crippen molar-refractivity contribution in [3.05, 3.63) is 24.3 Å². The first-order valence-corrected chi connectivity index (χ1v) is 14.8. The van der Waals surface area contributed by atoms with Gasteiger partial charge in [-0.05, 0) is 108 Å². The average Bonchev–Trinajstić information content (AvgIpc) is 2.84. The Bertz CT molecular complexity index is 820. The van der Waals surface area contributed by atoms with Crippen molar-refractivity contribution in [2.24, 2.45) is 5.92 Å². The monoisotopic (exact) mass is 476 g/mol. The first-order chi connectivity index (χ1) is 15.9. The molecule has 0 unspecified atom stereocenters. The molecule has 1 saturated carbocycles. The highest BCUT2D eigenvalue weighted by molar-refractivity contribution is 7.90. The second-order valence-electron chi connectivity index (χ2n) is 10.7. The van der Waals surface area contributed by atoms with Gasteiger partial charge in [0.1, 0.15) is 0 Å². The Labute approximate surface area is 201 Å². The second-order valence-corrected chi connectivity index (χ2v) is 12.9. The Morgan fingerprint density at radius 1 is 0.879 bits per heavy atom. The molecule has 2 N–H and O–H groups in total. The molecule has 0 bridgehead atoms. The fourth-order valence-corrected chi connectivity index (χ4v) is 6.65. The molecule has 4 rings (SSSR count). The molecule has 0 amide bonds. The van der Waals surface area contributed by atoms with Crippen LogP contribution in [0.25, 0.3) is 0 Å². The molecule has 0 atom stereocenters. The molecule has 0 radical (unpaired) electrons. The van der Waals surface area contributed by atoms with Gasteiger partial charge in [0.05, 0.1) is 5.25 Å². The van der Waals surface area contributed by atoms with Crippen molar-refractivity contribution in [2.75, 3.05) is 42.9 Å². The maximum Gasteiger partial charge on any atom is 0.214 e. The highest BCUT2D eigenvalue weighted by Crippen LogP contribution is 2.28. The number of likely N-dealkylation sites (tertiary alicyclic amines) is 1. The number of rotatable bonds is 8. The molecule has 0 aromatic heterocycles. The third-order valence-electron chi connectivity index (χ3n) is 8.00. The van der Waals surface area contributed by atoms with Gasteiger partial charge in [-0.25, -0.2) is 13.1 Å². The first kappa shape index (κ1) is 24.8. The fraction of sp³-hybridized carbons (Fsp3) is 0.769. The van der Waals surface area contributed by atoms with E-state index in [4.69, 9.17) is 0 Å². The summed E-state index contributed by atoms with van der Waals surface area (Å²) in [6.45, 7) is 9.38. The van der Waals surface area contributed by atoms with Gasteiger partial charge in [-0.2, -0.15) is 0 Å². The number of anilines is 2. The third kappa shape index (κ3) is 6.86. The quantitative estimate of drug-likeness (QED) is 0.581. The Morgan fingerprint density at radius 3 is 2.12 bits per heavy atom. The number of hydrogen-bond acceptors (Lipinski definition) is 5. The molecule has 6 nitrogen and oxygen atoms in total. The molecule has 3 fully saturated rings. The van der Waals surface area contributed by atoms with Crippen LogP contribution in [0.3, 0.4) is 0 Å². The molecular weight excluding hydrogens is 432 g/mol. The predicted molar refractivity (Wildman–Crippen MR) is 139 cm³/mol. The highest BCUT2D eigenvalue weighted by Gasteiger charge is 2.27. The normalized spacial score (nSPS) is 26.0. The zero-order chi connectivity index (χ0) is 23.3. The Balaban J connectivity index is 1.17. The van der Waals surface area contributed by atoms with E-state index in [0.717, 1.165) is 51.4 Å². The number of benzene rings is 1. The van der Waals surface area contributed by atoms with E-state index in [0.29, 0.717) is 5.92 Å². The van der Waals surface area contributed by atoms with Crippen LogP contribution in [-0.4, -0.2) is 63.4 Å². The van der Waals surface area contributed by atoms with Crippen LogP contribution in [0.4, 0.5) is 11.4 Å². The van der Waals surface area contributed by atoms with Crippen molar-refractivity contribution in [3.63, 3.8) is 0 Å². The molecule has 2 saturated heterocycles. The van der Waals surface area contributed by atoms with Crippen molar-refractivity contribution >= 4 is 21.4 Å². The SMILES string of the molecule is CC(C)S(=O)(=O)N[C@H]1CC[C@H](CNc2ccc(N3CCC(N4CCCCC4)CC3)cc2)CC1. The number of piperidine rings is 2. The Kier molecular flexibility index (Phi) is 8.58. The van der Waals surface area contributed by atoms with Gasteiger partial charge in [-0.1, -0.05) is 6.42 Å². The van der Waals surface area contributed by atoms with Gasteiger partial charge in [-0.3, -0.25) is 0 Å². The smallest absolute Gasteiger partial charge is 0.214 e. The summed E-state index contributed by atoms with van der Waals surface area (Å²) in [7, 11) is -3.17. The highest BCUT2D eigenvalue weighted by atomic mass is 32.2. The molecule has 2 heterocycles. The van der Waals surface area contributed by atoms with Gasteiger partial charge in [0, 0.05) is 43.1 Å². The van der Waals surface area contributed by atoms with Gasteiger partial charge in [0.15, 0.2) is 0 Å². The molecule has 186 valence electrons. The maximum absolute atomic E-state index is 12.1. The van der Waals surface area contributed by atoms with E-state index < -0.39 is 10.0 Å². The number of nitrogens with zero attached hydrogens (tertiary/aromatic N) is 2. The molecule has 33 heavy (non-hydrogen) atoms.